The minimum Gasteiger partial charge on any atom is -0.328 e. The van der Waals surface area contributed by atoms with Crippen LogP contribution in [0.25, 0.3) is 0 Å². The summed E-state index contributed by atoms with van der Waals surface area (Å²) >= 11 is 5.51. The van der Waals surface area contributed by atoms with Crippen molar-refractivity contribution in [1.82, 2.24) is 0 Å². The van der Waals surface area contributed by atoms with Crippen LogP contribution in [0.15, 0.2) is 18.2 Å². The molecular formula is C13H15Cl2F3N2O. The fraction of sp³-hybridized carbons (Fsp3) is 0.462. The molecule has 1 aromatic rings. The summed E-state index contributed by atoms with van der Waals surface area (Å²) in [6.45, 7) is 0. The Hall–Kier alpha value is -0.980. The highest BCUT2D eigenvalue weighted by Crippen LogP contribution is 2.36. The van der Waals surface area contributed by atoms with Gasteiger partial charge in [0.2, 0.25) is 5.91 Å². The number of benzene rings is 1. The van der Waals surface area contributed by atoms with Gasteiger partial charge < -0.3 is 11.1 Å². The average Bonchev–Trinajstić information content (AvgIpc) is 2.77. The van der Waals surface area contributed by atoms with Crippen molar-refractivity contribution in [3.05, 3.63) is 28.8 Å². The van der Waals surface area contributed by atoms with Crippen LogP contribution in [-0.4, -0.2) is 11.9 Å². The summed E-state index contributed by atoms with van der Waals surface area (Å²) < 4.78 is 38.1. The van der Waals surface area contributed by atoms with Gasteiger partial charge in [-0.3, -0.25) is 4.79 Å². The minimum absolute atomic E-state index is 0. The van der Waals surface area contributed by atoms with Gasteiger partial charge in [0.1, 0.15) is 0 Å². The van der Waals surface area contributed by atoms with Gasteiger partial charge in [0.15, 0.2) is 0 Å². The summed E-state index contributed by atoms with van der Waals surface area (Å²) in [5.41, 5.74) is 4.84. The maximum Gasteiger partial charge on any atom is 0.417 e. The fourth-order valence-electron chi connectivity index (χ4n) is 2.32. The molecule has 1 amide bonds. The van der Waals surface area contributed by atoms with Crippen LogP contribution in [0, 0.1) is 5.92 Å². The normalized spacial score (nSPS) is 21.8. The van der Waals surface area contributed by atoms with Gasteiger partial charge in [-0.2, -0.15) is 13.2 Å². The number of nitrogens with two attached hydrogens (primary N) is 1. The van der Waals surface area contributed by atoms with E-state index in [9.17, 15) is 18.0 Å². The Bertz CT molecular complexity index is 523. The number of amides is 1. The molecule has 3 N–H and O–H groups in total. The van der Waals surface area contributed by atoms with E-state index in [1.165, 1.54) is 6.07 Å². The molecule has 2 unspecified atom stereocenters. The lowest BCUT2D eigenvalue weighted by Crippen LogP contribution is -2.23. The van der Waals surface area contributed by atoms with Gasteiger partial charge in [0, 0.05) is 17.6 Å². The van der Waals surface area contributed by atoms with Crippen LogP contribution in [0.4, 0.5) is 18.9 Å². The van der Waals surface area contributed by atoms with E-state index in [1.54, 1.807) is 0 Å². The van der Waals surface area contributed by atoms with Crippen molar-refractivity contribution in [1.29, 1.82) is 0 Å². The molecule has 0 aliphatic heterocycles. The number of anilines is 1. The van der Waals surface area contributed by atoms with Crippen molar-refractivity contribution >= 4 is 35.6 Å². The number of hydrogen-bond donors (Lipinski definition) is 2. The highest BCUT2D eigenvalue weighted by atomic mass is 35.5. The predicted octanol–water partition coefficient (Wildman–Crippen LogP) is 3.85. The SMILES string of the molecule is Cl.NC1CCC(C(=O)Nc2ccc(Cl)c(C(F)(F)F)c2)C1. The zero-order chi connectivity index (χ0) is 14.9. The number of rotatable bonds is 2. The van der Waals surface area contributed by atoms with E-state index < -0.39 is 16.8 Å². The molecule has 1 aromatic carbocycles. The lowest BCUT2D eigenvalue weighted by atomic mass is 10.1. The molecular weight excluding hydrogens is 328 g/mol. The van der Waals surface area contributed by atoms with Crippen molar-refractivity contribution < 1.29 is 18.0 Å². The zero-order valence-corrected chi connectivity index (χ0v) is 12.5. The van der Waals surface area contributed by atoms with Gasteiger partial charge in [-0.05, 0) is 37.5 Å². The van der Waals surface area contributed by atoms with Crippen LogP contribution in [0.2, 0.25) is 5.02 Å². The van der Waals surface area contributed by atoms with E-state index in [2.05, 4.69) is 5.32 Å². The Balaban J connectivity index is 0.00000220. The van der Waals surface area contributed by atoms with Crippen molar-refractivity contribution in [3.8, 4) is 0 Å². The van der Waals surface area contributed by atoms with Crippen molar-refractivity contribution in [3.63, 3.8) is 0 Å². The van der Waals surface area contributed by atoms with E-state index in [0.29, 0.717) is 12.8 Å². The molecule has 0 bridgehead atoms. The molecule has 2 atom stereocenters. The Labute approximate surface area is 131 Å². The molecule has 0 aromatic heterocycles. The third-order valence-electron chi connectivity index (χ3n) is 3.38. The molecule has 0 radical (unpaired) electrons. The van der Waals surface area contributed by atoms with E-state index in [4.69, 9.17) is 17.3 Å². The first-order valence-corrected chi connectivity index (χ1v) is 6.58. The summed E-state index contributed by atoms with van der Waals surface area (Å²) in [6.07, 6.45) is -2.57. The lowest BCUT2D eigenvalue weighted by molar-refractivity contribution is -0.137. The van der Waals surface area contributed by atoms with Gasteiger partial charge in [0.25, 0.3) is 0 Å². The molecule has 8 heteroatoms. The highest BCUT2D eigenvalue weighted by Gasteiger charge is 2.34. The maximum absolute atomic E-state index is 12.7. The Morgan fingerprint density at radius 1 is 1.33 bits per heavy atom. The molecule has 1 aliphatic rings. The number of carbonyl (C=O) groups excluding carboxylic acids is 1. The van der Waals surface area contributed by atoms with Crippen LogP contribution < -0.4 is 11.1 Å². The molecule has 2 rings (SSSR count). The van der Waals surface area contributed by atoms with E-state index in [0.717, 1.165) is 18.6 Å². The summed E-state index contributed by atoms with van der Waals surface area (Å²) in [5, 5.41) is 2.10. The number of alkyl halides is 3. The fourth-order valence-corrected chi connectivity index (χ4v) is 2.54. The van der Waals surface area contributed by atoms with Crippen LogP contribution >= 0.6 is 24.0 Å². The molecule has 21 heavy (non-hydrogen) atoms. The third-order valence-corrected chi connectivity index (χ3v) is 3.71. The Morgan fingerprint density at radius 2 is 2.00 bits per heavy atom. The molecule has 1 fully saturated rings. The van der Waals surface area contributed by atoms with E-state index in [1.807, 2.05) is 0 Å². The summed E-state index contributed by atoms with van der Waals surface area (Å²) in [5.74, 6) is -0.539. The molecule has 3 nitrogen and oxygen atoms in total. The number of hydrogen-bond acceptors (Lipinski definition) is 2. The number of nitrogens with one attached hydrogen (secondary N) is 1. The van der Waals surface area contributed by atoms with Crippen LogP contribution in [0.1, 0.15) is 24.8 Å². The number of carbonyl (C=O) groups is 1. The van der Waals surface area contributed by atoms with Gasteiger partial charge >= 0.3 is 6.18 Å². The lowest BCUT2D eigenvalue weighted by Gasteiger charge is -2.14. The first kappa shape index (κ1) is 18.1. The molecule has 1 saturated carbocycles. The smallest absolute Gasteiger partial charge is 0.328 e. The van der Waals surface area contributed by atoms with Crippen molar-refractivity contribution in [2.75, 3.05) is 5.32 Å². The summed E-state index contributed by atoms with van der Waals surface area (Å²) in [7, 11) is 0. The molecule has 0 saturated heterocycles. The average molecular weight is 343 g/mol. The first-order chi connectivity index (χ1) is 9.27. The predicted molar refractivity (Wildman–Crippen MR) is 77.6 cm³/mol. The number of halogens is 5. The maximum atomic E-state index is 12.7. The first-order valence-electron chi connectivity index (χ1n) is 6.20. The molecule has 118 valence electrons. The molecule has 1 aliphatic carbocycles. The van der Waals surface area contributed by atoms with Crippen molar-refractivity contribution in [2.24, 2.45) is 11.7 Å². The van der Waals surface area contributed by atoms with Crippen LogP contribution in [0.5, 0.6) is 0 Å². The van der Waals surface area contributed by atoms with Crippen LogP contribution in [-0.2, 0) is 11.0 Å². The molecule has 0 heterocycles. The molecule has 0 spiro atoms. The van der Waals surface area contributed by atoms with Gasteiger partial charge in [-0.1, -0.05) is 11.6 Å². The van der Waals surface area contributed by atoms with Gasteiger partial charge in [-0.25, -0.2) is 0 Å². The quantitative estimate of drug-likeness (QED) is 0.857. The highest BCUT2D eigenvalue weighted by molar-refractivity contribution is 6.31. The second-order valence-corrected chi connectivity index (χ2v) is 5.36. The van der Waals surface area contributed by atoms with Crippen molar-refractivity contribution in [2.45, 2.75) is 31.5 Å². The zero-order valence-electron chi connectivity index (χ0n) is 10.9. The van der Waals surface area contributed by atoms with E-state index in [-0.39, 0.29) is 36.0 Å². The Morgan fingerprint density at radius 3 is 2.52 bits per heavy atom. The minimum atomic E-state index is -4.55. The van der Waals surface area contributed by atoms with Crippen LogP contribution in [0.3, 0.4) is 0 Å². The van der Waals surface area contributed by atoms with Gasteiger partial charge in [0.05, 0.1) is 10.6 Å². The van der Waals surface area contributed by atoms with E-state index >= 15 is 0 Å². The topological polar surface area (TPSA) is 55.1 Å². The monoisotopic (exact) mass is 342 g/mol. The summed E-state index contributed by atoms with van der Waals surface area (Å²) in [4.78, 5) is 11.9. The second kappa shape index (κ2) is 6.85. The second-order valence-electron chi connectivity index (χ2n) is 4.95. The summed E-state index contributed by atoms with van der Waals surface area (Å²) in [6, 6.07) is 3.31. The Kier molecular flexibility index (Phi) is 5.90. The third kappa shape index (κ3) is 4.49. The largest absolute Gasteiger partial charge is 0.417 e. The standard InChI is InChI=1S/C13H14ClF3N2O.ClH/c14-11-4-3-9(6-10(11)13(15,16)17)19-12(20)7-1-2-8(18)5-7;/h3-4,6-8H,1-2,5,18H2,(H,19,20);1H. The van der Waals surface area contributed by atoms with Gasteiger partial charge in [-0.15, -0.1) is 12.4 Å².